The van der Waals surface area contributed by atoms with Crippen LogP contribution in [0.1, 0.15) is 39.8 Å². The molecule has 1 aromatic carbocycles. The summed E-state index contributed by atoms with van der Waals surface area (Å²) in [7, 11) is 1.27. The van der Waals surface area contributed by atoms with Crippen LogP contribution in [0.5, 0.6) is 0 Å². The maximum Gasteiger partial charge on any atom is 0.330 e. The molecule has 0 spiro atoms. The van der Waals surface area contributed by atoms with E-state index in [9.17, 15) is 14.0 Å². The number of nitrogens with one attached hydrogen (secondary N) is 1. The van der Waals surface area contributed by atoms with Gasteiger partial charge in [-0.15, -0.1) is 11.3 Å². The van der Waals surface area contributed by atoms with Crippen LogP contribution in [0.3, 0.4) is 0 Å². The zero-order valence-corrected chi connectivity index (χ0v) is 14.8. The summed E-state index contributed by atoms with van der Waals surface area (Å²) in [6.07, 6.45) is 0.513. The number of ether oxygens (including phenoxy) is 1. The highest BCUT2D eigenvalue weighted by Gasteiger charge is 2.32. The molecular formula is C17H19FN2O3S. The molecular weight excluding hydrogens is 331 g/mol. The van der Waals surface area contributed by atoms with Gasteiger partial charge < -0.3 is 10.1 Å². The van der Waals surface area contributed by atoms with E-state index in [1.165, 1.54) is 30.6 Å². The molecule has 1 amide bonds. The van der Waals surface area contributed by atoms with E-state index >= 15 is 0 Å². The van der Waals surface area contributed by atoms with Gasteiger partial charge >= 0.3 is 5.97 Å². The first-order valence-electron chi connectivity index (χ1n) is 7.34. The van der Waals surface area contributed by atoms with Crippen molar-refractivity contribution in [3.8, 4) is 0 Å². The molecule has 128 valence electrons. The van der Waals surface area contributed by atoms with Gasteiger partial charge in [0.05, 0.1) is 17.8 Å². The summed E-state index contributed by atoms with van der Waals surface area (Å²) < 4.78 is 17.6. The van der Waals surface area contributed by atoms with Crippen molar-refractivity contribution in [3.63, 3.8) is 0 Å². The molecule has 2 aromatic rings. The third kappa shape index (κ3) is 4.17. The first-order valence-corrected chi connectivity index (χ1v) is 8.16. The summed E-state index contributed by atoms with van der Waals surface area (Å²) in [5, 5.41) is 3.41. The summed E-state index contributed by atoms with van der Waals surface area (Å²) in [5.74, 6) is -1.19. The summed E-state index contributed by atoms with van der Waals surface area (Å²) in [5.41, 5.74) is 0.376. The fourth-order valence-corrected chi connectivity index (χ4v) is 3.16. The van der Waals surface area contributed by atoms with Crippen LogP contribution in [-0.2, 0) is 16.0 Å². The Morgan fingerprint density at radius 2 is 1.92 bits per heavy atom. The fourth-order valence-electron chi connectivity index (χ4n) is 2.16. The number of carbonyl (C=O) groups is 2. The molecule has 0 saturated heterocycles. The van der Waals surface area contributed by atoms with E-state index < -0.39 is 11.5 Å². The third-order valence-electron chi connectivity index (χ3n) is 3.44. The van der Waals surface area contributed by atoms with E-state index in [2.05, 4.69) is 15.0 Å². The van der Waals surface area contributed by atoms with Crippen LogP contribution in [0.25, 0.3) is 0 Å². The predicted molar refractivity (Wildman–Crippen MR) is 89.6 cm³/mol. The van der Waals surface area contributed by atoms with Gasteiger partial charge in [0.1, 0.15) is 16.2 Å². The first kappa shape index (κ1) is 18.1. The quantitative estimate of drug-likeness (QED) is 0.842. The standard InChI is InChI=1S/C17H19FN2O3S/c1-10-14(15(21)20-17(2,3)16(22)23-4)24-13(19-10)9-11-5-7-12(18)8-6-11/h5-8H,9H2,1-4H3,(H,20,21). The molecule has 1 N–H and O–H groups in total. The third-order valence-corrected chi connectivity index (χ3v) is 4.59. The Morgan fingerprint density at radius 1 is 1.29 bits per heavy atom. The number of amides is 1. The Bertz CT molecular complexity index is 754. The van der Waals surface area contributed by atoms with Gasteiger partial charge in [-0.05, 0) is 38.5 Å². The molecule has 0 saturated carbocycles. The van der Waals surface area contributed by atoms with Crippen LogP contribution in [0.2, 0.25) is 0 Å². The molecule has 0 aliphatic carbocycles. The molecule has 5 nitrogen and oxygen atoms in total. The second kappa shape index (κ2) is 7.09. The highest BCUT2D eigenvalue weighted by Crippen LogP contribution is 2.22. The normalized spacial score (nSPS) is 11.2. The van der Waals surface area contributed by atoms with Crippen molar-refractivity contribution in [2.45, 2.75) is 32.7 Å². The summed E-state index contributed by atoms with van der Waals surface area (Å²) in [4.78, 5) is 28.9. The lowest BCUT2D eigenvalue weighted by Crippen LogP contribution is -2.50. The Balaban J connectivity index is 2.14. The van der Waals surface area contributed by atoms with Crippen LogP contribution < -0.4 is 5.32 Å². The number of hydrogen-bond acceptors (Lipinski definition) is 5. The van der Waals surface area contributed by atoms with E-state index in [1.807, 2.05) is 0 Å². The highest BCUT2D eigenvalue weighted by molar-refractivity contribution is 7.13. The molecule has 0 bridgehead atoms. The number of nitrogens with zero attached hydrogens (tertiary/aromatic N) is 1. The molecule has 0 aliphatic rings. The largest absolute Gasteiger partial charge is 0.467 e. The van der Waals surface area contributed by atoms with Crippen LogP contribution in [0.4, 0.5) is 4.39 Å². The second-order valence-electron chi connectivity index (χ2n) is 5.90. The molecule has 0 unspecified atom stereocenters. The Kier molecular flexibility index (Phi) is 5.33. The number of esters is 1. The number of thiazole rings is 1. The van der Waals surface area contributed by atoms with Crippen molar-refractivity contribution in [1.82, 2.24) is 10.3 Å². The highest BCUT2D eigenvalue weighted by atomic mass is 32.1. The van der Waals surface area contributed by atoms with Gasteiger partial charge in [-0.1, -0.05) is 12.1 Å². The monoisotopic (exact) mass is 350 g/mol. The van der Waals surface area contributed by atoms with Crippen molar-refractivity contribution in [3.05, 3.63) is 51.2 Å². The molecule has 7 heteroatoms. The minimum atomic E-state index is -1.13. The van der Waals surface area contributed by atoms with Crippen LogP contribution in [0, 0.1) is 12.7 Å². The first-order chi connectivity index (χ1) is 11.2. The number of benzene rings is 1. The Labute approximate surface area is 143 Å². The molecule has 0 radical (unpaired) electrons. The van der Waals surface area contributed by atoms with Gasteiger partial charge in [0, 0.05) is 6.42 Å². The van der Waals surface area contributed by atoms with Gasteiger partial charge in [-0.25, -0.2) is 14.2 Å². The van der Waals surface area contributed by atoms with E-state index in [0.717, 1.165) is 10.6 Å². The average Bonchev–Trinajstić information content (AvgIpc) is 2.89. The van der Waals surface area contributed by atoms with Gasteiger partial charge in [-0.2, -0.15) is 0 Å². The molecule has 24 heavy (non-hydrogen) atoms. The van der Waals surface area contributed by atoms with E-state index in [-0.39, 0.29) is 11.7 Å². The molecule has 0 aliphatic heterocycles. The Morgan fingerprint density at radius 3 is 2.50 bits per heavy atom. The number of aromatic nitrogens is 1. The molecule has 0 fully saturated rings. The van der Waals surface area contributed by atoms with Gasteiger partial charge in [-0.3, -0.25) is 4.79 Å². The van der Waals surface area contributed by atoms with Crippen molar-refractivity contribution in [2.24, 2.45) is 0 Å². The van der Waals surface area contributed by atoms with Crippen molar-refractivity contribution in [2.75, 3.05) is 7.11 Å². The lowest BCUT2D eigenvalue weighted by Gasteiger charge is -2.22. The van der Waals surface area contributed by atoms with Crippen molar-refractivity contribution < 1.29 is 18.7 Å². The summed E-state index contributed by atoms with van der Waals surface area (Å²) >= 11 is 1.26. The maximum absolute atomic E-state index is 12.9. The van der Waals surface area contributed by atoms with Crippen LogP contribution in [-0.4, -0.2) is 29.5 Å². The van der Waals surface area contributed by atoms with Crippen LogP contribution in [0.15, 0.2) is 24.3 Å². The number of carbonyl (C=O) groups excluding carboxylic acids is 2. The van der Waals surface area contributed by atoms with Crippen molar-refractivity contribution >= 4 is 23.2 Å². The lowest BCUT2D eigenvalue weighted by molar-refractivity contribution is -0.146. The maximum atomic E-state index is 12.9. The minimum Gasteiger partial charge on any atom is -0.467 e. The lowest BCUT2D eigenvalue weighted by atomic mass is 10.1. The second-order valence-corrected chi connectivity index (χ2v) is 6.98. The number of hydrogen-bond donors (Lipinski definition) is 1. The minimum absolute atomic E-state index is 0.292. The number of halogens is 1. The number of rotatable bonds is 5. The van der Waals surface area contributed by atoms with E-state index in [0.29, 0.717) is 17.0 Å². The van der Waals surface area contributed by atoms with Gasteiger partial charge in [0.25, 0.3) is 5.91 Å². The summed E-state index contributed by atoms with van der Waals surface area (Å²) in [6, 6.07) is 6.16. The number of methoxy groups -OCH3 is 1. The molecule has 2 rings (SSSR count). The molecule has 0 atom stereocenters. The topological polar surface area (TPSA) is 68.3 Å². The zero-order chi connectivity index (χ0) is 17.9. The van der Waals surface area contributed by atoms with Crippen LogP contribution >= 0.6 is 11.3 Å². The predicted octanol–water partition coefficient (Wildman–Crippen LogP) is 2.86. The average molecular weight is 350 g/mol. The molecule has 1 aromatic heterocycles. The molecule has 1 heterocycles. The fraction of sp³-hybridized carbons (Fsp3) is 0.353. The van der Waals surface area contributed by atoms with E-state index in [1.54, 1.807) is 32.9 Å². The number of aryl methyl sites for hydroxylation is 1. The SMILES string of the molecule is COC(=O)C(C)(C)NC(=O)c1sc(Cc2ccc(F)cc2)nc1C. The zero-order valence-electron chi connectivity index (χ0n) is 14.0. The summed E-state index contributed by atoms with van der Waals surface area (Å²) in [6.45, 7) is 4.89. The van der Waals surface area contributed by atoms with Gasteiger partial charge in [0.15, 0.2) is 0 Å². The van der Waals surface area contributed by atoms with Crippen molar-refractivity contribution in [1.29, 1.82) is 0 Å². The Hall–Kier alpha value is -2.28. The van der Waals surface area contributed by atoms with E-state index in [4.69, 9.17) is 0 Å². The van der Waals surface area contributed by atoms with Gasteiger partial charge in [0.2, 0.25) is 0 Å². The smallest absolute Gasteiger partial charge is 0.330 e.